The Morgan fingerprint density at radius 1 is 1.39 bits per heavy atom. The summed E-state index contributed by atoms with van der Waals surface area (Å²) in [7, 11) is 0. The molecular formula is C17H24N2O4. The van der Waals surface area contributed by atoms with Gasteiger partial charge in [-0.15, -0.1) is 0 Å². The van der Waals surface area contributed by atoms with Crippen molar-refractivity contribution in [1.82, 2.24) is 9.88 Å². The van der Waals surface area contributed by atoms with Gasteiger partial charge in [0.1, 0.15) is 5.60 Å². The third kappa shape index (κ3) is 4.94. The Morgan fingerprint density at radius 3 is 2.78 bits per heavy atom. The number of amides is 1. The standard InChI is InChI=1S/C17H24N2O4/c1-12(20)14-6-5-8-18-15(14)22-11-13-7-9-19(10-13)16(21)23-17(2,3)4/h5-6,8,13H,7,9-11H2,1-4H3. The minimum atomic E-state index is -0.490. The predicted molar refractivity (Wildman–Crippen MR) is 85.7 cm³/mol. The lowest BCUT2D eigenvalue weighted by atomic mass is 10.1. The minimum absolute atomic E-state index is 0.0742. The van der Waals surface area contributed by atoms with Crippen molar-refractivity contribution in [2.45, 2.75) is 39.7 Å². The molecule has 0 aromatic carbocycles. The molecule has 0 saturated carbocycles. The molecule has 23 heavy (non-hydrogen) atoms. The molecule has 0 N–H and O–H groups in total. The van der Waals surface area contributed by atoms with Crippen LogP contribution < -0.4 is 4.74 Å². The quantitative estimate of drug-likeness (QED) is 0.798. The normalized spacial score (nSPS) is 17.9. The number of pyridine rings is 1. The highest BCUT2D eigenvalue weighted by Crippen LogP contribution is 2.22. The number of carbonyl (C=O) groups excluding carboxylic acids is 2. The summed E-state index contributed by atoms with van der Waals surface area (Å²) in [6.45, 7) is 8.73. The van der Waals surface area contributed by atoms with Crippen LogP contribution in [0.1, 0.15) is 44.5 Å². The number of ether oxygens (including phenoxy) is 2. The maximum Gasteiger partial charge on any atom is 0.410 e. The molecule has 0 aliphatic carbocycles. The molecule has 6 nitrogen and oxygen atoms in total. The Kier molecular flexibility index (Phi) is 5.23. The first-order valence-electron chi connectivity index (χ1n) is 7.83. The number of ketones is 1. The van der Waals surface area contributed by atoms with Gasteiger partial charge >= 0.3 is 6.09 Å². The molecule has 0 bridgehead atoms. The molecule has 1 aromatic heterocycles. The summed E-state index contributed by atoms with van der Waals surface area (Å²) in [4.78, 5) is 29.4. The third-order valence-electron chi connectivity index (χ3n) is 3.54. The molecule has 6 heteroatoms. The van der Waals surface area contributed by atoms with Gasteiger partial charge in [0.15, 0.2) is 5.78 Å². The number of hydrogen-bond donors (Lipinski definition) is 0. The predicted octanol–water partition coefficient (Wildman–Crippen LogP) is 2.92. The molecule has 126 valence electrons. The van der Waals surface area contributed by atoms with Crippen molar-refractivity contribution in [2.75, 3.05) is 19.7 Å². The van der Waals surface area contributed by atoms with Crippen molar-refractivity contribution in [1.29, 1.82) is 0 Å². The van der Waals surface area contributed by atoms with E-state index < -0.39 is 5.60 Å². The van der Waals surface area contributed by atoms with E-state index in [2.05, 4.69) is 4.98 Å². The summed E-state index contributed by atoms with van der Waals surface area (Å²) in [5.74, 6) is 0.495. The second-order valence-corrected chi connectivity index (χ2v) is 6.80. The van der Waals surface area contributed by atoms with E-state index in [1.165, 1.54) is 6.92 Å². The van der Waals surface area contributed by atoms with Gasteiger partial charge in [-0.1, -0.05) is 0 Å². The molecule has 1 fully saturated rings. The van der Waals surface area contributed by atoms with Crippen LogP contribution in [0.25, 0.3) is 0 Å². The molecule has 1 aromatic rings. The molecule has 2 heterocycles. The van der Waals surface area contributed by atoms with Crippen molar-refractivity contribution in [3.8, 4) is 5.88 Å². The molecule has 2 rings (SSSR count). The largest absolute Gasteiger partial charge is 0.477 e. The summed E-state index contributed by atoms with van der Waals surface area (Å²) >= 11 is 0. The van der Waals surface area contributed by atoms with Crippen LogP contribution in [-0.2, 0) is 4.74 Å². The van der Waals surface area contributed by atoms with Gasteiger partial charge in [-0.3, -0.25) is 4.79 Å². The van der Waals surface area contributed by atoms with Crippen molar-refractivity contribution in [2.24, 2.45) is 5.92 Å². The van der Waals surface area contributed by atoms with Gasteiger partial charge in [-0.25, -0.2) is 9.78 Å². The molecule has 1 atom stereocenters. The smallest absolute Gasteiger partial charge is 0.410 e. The second kappa shape index (κ2) is 6.98. The minimum Gasteiger partial charge on any atom is -0.477 e. The van der Waals surface area contributed by atoms with Gasteiger partial charge in [0.05, 0.1) is 12.2 Å². The van der Waals surface area contributed by atoms with Crippen LogP contribution in [0.4, 0.5) is 4.79 Å². The maximum absolute atomic E-state index is 12.0. The lowest BCUT2D eigenvalue weighted by molar-refractivity contribution is 0.0284. The zero-order valence-electron chi connectivity index (χ0n) is 14.2. The van der Waals surface area contributed by atoms with E-state index in [0.717, 1.165) is 6.42 Å². The van der Waals surface area contributed by atoms with Crippen LogP contribution in [-0.4, -0.2) is 47.1 Å². The van der Waals surface area contributed by atoms with E-state index in [0.29, 0.717) is 31.1 Å². The fourth-order valence-electron chi connectivity index (χ4n) is 2.43. The van der Waals surface area contributed by atoms with Gasteiger partial charge < -0.3 is 14.4 Å². The van der Waals surface area contributed by atoms with Crippen LogP contribution in [0.2, 0.25) is 0 Å². The molecule has 1 unspecified atom stereocenters. The zero-order valence-corrected chi connectivity index (χ0v) is 14.2. The monoisotopic (exact) mass is 320 g/mol. The van der Waals surface area contributed by atoms with Crippen LogP contribution >= 0.6 is 0 Å². The first kappa shape index (κ1) is 17.2. The highest BCUT2D eigenvalue weighted by atomic mass is 16.6. The summed E-state index contributed by atoms with van der Waals surface area (Å²) in [5, 5.41) is 0. The number of Topliss-reactive ketones (excluding diaryl/α,β-unsaturated/α-hetero) is 1. The first-order valence-corrected chi connectivity index (χ1v) is 7.83. The molecular weight excluding hydrogens is 296 g/mol. The Labute approximate surface area is 136 Å². The van der Waals surface area contributed by atoms with Crippen molar-refractivity contribution < 1.29 is 19.1 Å². The molecule has 1 aliphatic heterocycles. The number of nitrogens with zero attached hydrogens (tertiary/aromatic N) is 2. The van der Waals surface area contributed by atoms with Gasteiger partial charge in [0.25, 0.3) is 0 Å². The Balaban J connectivity index is 1.87. The number of carbonyl (C=O) groups is 2. The summed E-state index contributed by atoms with van der Waals surface area (Å²) in [6, 6.07) is 3.41. The van der Waals surface area contributed by atoms with E-state index in [1.807, 2.05) is 20.8 Å². The summed E-state index contributed by atoms with van der Waals surface area (Å²) in [5.41, 5.74) is -0.00905. The average Bonchev–Trinajstić information content (AvgIpc) is 2.92. The average molecular weight is 320 g/mol. The zero-order chi connectivity index (χ0) is 17.0. The number of hydrogen-bond acceptors (Lipinski definition) is 5. The number of aromatic nitrogens is 1. The van der Waals surface area contributed by atoms with Crippen LogP contribution in [0.15, 0.2) is 18.3 Å². The lowest BCUT2D eigenvalue weighted by Crippen LogP contribution is -2.35. The van der Waals surface area contributed by atoms with Crippen molar-refractivity contribution in [3.05, 3.63) is 23.9 Å². The van der Waals surface area contributed by atoms with Crippen molar-refractivity contribution in [3.63, 3.8) is 0 Å². The van der Waals surface area contributed by atoms with E-state index in [-0.39, 0.29) is 17.8 Å². The molecule has 0 radical (unpaired) electrons. The maximum atomic E-state index is 12.0. The first-order chi connectivity index (χ1) is 10.8. The van der Waals surface area contributed by atoms with E-state index >= 15 is 0 Å². The fourth-order valence-corrected chi connectivity index (χ4v) is 2.43. The topological polar surface area (TPSA) is 68.7 Å². The second-order valence-electron chi connectivity index (χ2n) is 6.80. The summed E-state index contributed by atoms with van der Waals surface area (Å²) in [6.07, 6.45) is 2.16. The van der Waals surface area contributed by atoms with Gasteiger partial charge in [-0.2, -0.15) is 0 Å². The van der Waals surface area contributed by atoms with Crippen molar-refractivity contribution >= 4 is 11.9 Å². The SMILES string of the molecule is CC(=O)c1cccnc1OCC1CCN(C(=O)OC(C)(C)C)C1. The molecule has 1 saturated heterocycles. The Morgan fingerprint density at radius 2 is 2.13 bits per heavy atom. The Hall–Kier alpha value is -2.11. The fraction of sp³-hybridized carbons (Fsp3) is 0.588. The van der Waals surface area contributed by atoms with Crippen LogP contribution in [0.3, 0.4) is 0 Å². The number of likely N-dealkylation sites (tertiary alicyclic amines) is 1. The highest BCUT2D eigenvalue weighted by Gasteiger charge is 2.30. The molecule has 0 spiro atoms. The van der Waals surface area contributed by atoms with Gasteiger partial charge in [-0.05, 0) is 46.2 Å². The van der Waals surface area contributed by atoms with E-state index in [4.69, 9.17) is 9.47 Å². The molecule has 1 amide bonds. The van der Waals surface area contributed by atoms with E-state index in [9.17, 15) is 9.59 Å². The third-order valence-corrected chi connectivity index (χ3v) is 3.54. The van der Waals surface area contributed by atoms with Crippen LogP contribution in [0, 0.1) is 5.92 Å². The summed E-state index contributed by atoms with van der Waals surface area (Å²) < 4.78 is 11.1. The Bertz CT molecular complexity index is 580. The highest BCUT2D eigenvalue weighted by molar-refractivity contribution is 5.96. The number of rotatable bonds is 4. The lowest BCUT2D eigenvalue weighted by Gasteiger charge is -2.24. The molecule has 1 aliphatic rings. The van der Waals surface area contributed by atoms with Gasteiger partial charge in [0, 0.05) is 25.2 Å². The van der Waals surface area contributed by atoms with Gasteiger partial charge in [0.2, 0.25) is 5.88 Å². The van der Waals surface area contributed by atoms with Crippen LogP contribution in [0.5, 0.6) is 5.88 Å². The van der Waals surface area contributed by atoms with E-state index in [1.54, 1.807) is 23.2 Å².